The lowest BCUT2D eigenvalue weighted by atomic mass is 9.93. The van der Waals surface area contributed by atoms with E-state index in [4.69, 9.17) is 19.9 Å². The van der Waals surface area contributed by atoms with Crippen molar-refractivity contribution in [2.45, 2.75) is 46.3 Å². The first-order chi connectivity index (χ1) is 13.8. The molecule has 7 heteroatoms. The molecule has 0 saturated heterocycles. The Morgan fingerprint density at radius 1 is 1.34 bits per heavy atom. The number of hydrogen-bond acceptors (Lipinski definition) is 6. The molecule has 1 aliphatic heterocycles. The molecule has 1 aromatic carbocycles. The summed E-state index contributed by atoms with van der Waals surface area (Å²) in [5.74, 6) is 2.35. The van der Waals surface area contributed by atoms with E-state index >= 15 is 0 Å². The van der Waals surface area contributed by atoms with Gasteiger partial charge in [0.15, 0.2) is 0 Å². The van der Waals surface area contributed by atoms with E-state index in [-0.39, 0.29) is 5.54 Å². The van der Waals surface area contributed by atoms with Gasteiger partial charge < -0.3 is 19.9 Å². The number of hydrogen-bond donors (Lipinski definition) is 2. The first kappa shape index (κ1) is 20.9. The Labute approximate surface area is 171 Å². The van der Waals surface area contributed by atoms with Gasteiger partial charge in [0.25, 0.3) is 0 Å². The minimum Gasteiger partial charge on any atom is -0.492 e. The summed E-state index contributed by atoms with van der Waals surface area (Å²) < 4.78 is 16.7. The Balaban J connectivity index is 1.77. The van der Waals surface area contributed by atoms with E-state index in [0.29, 0.717) is 37.3 Å². The zero-order valence-electron chi connectivity index (χ0n) is 17.5. The van der Waals surface area contributed by atoms with Crippen LogP contribution in [0.2, 0.25) is 0 Å². The number of carbonyl (C=O) groups excluding carboxylic acids is 1. The summed E-state index contributed by atoms with van der Waals surface area (Å²) in [6, 6.07) is 7.68. The van der Waals surface area contributed by atoms with E-state index < -0.39 is 6.09 Å². The average Bonchev–Trinajstić information content (AvgIpc) is 2.65. The average molecular weight is 399 g/mol. The molecular weight excluding hydrogens is 370 g/mol. The van der Waals surface area contributed by atoms with E-state index in [9.17, 15) is 4.79 Å². The SMILES string of the molecule is CCOC(=O)Nc1cc2c(cn1)OCc1cc(OC[C@](C)(N)CC(C)C)ccc1-2. The summed E-state index contributed by atoms with van der Waals surface area (Å²) in [5.41, 5.74) is 8.85. The number of fused-ring (bicyclic) bond motifs is 3. The van der Waals surface area contributed by atoms with E-state index in [0.717, 1.165) is 28.9 Å². The molecule has 0 radical (unpaired) electrons. The van der Waals surface area contributed by atoms with Crippen LogP contribution in [0.1, 0.15) is 39.7 Å². The summed E-state index contributed by atoms with van der Waals surface area (Å²) in [7, 11) is 0. The van der Waals surface area contributed by atoms with Crippen molar-refractivity contribution in [3.05, 3.63) is 36.0 Å². The molecule has 3 N–H and O–H groups in total. The van der Waals surface area contributed by atoms with Gasteiger partial charge in [0.2, 0.25) is 0 Å². The molecule has 1 aliphatic rings. The predicted molar refractivity (Wildman–Crippen MR) is 112 cm³/mol. The van der Waals surface area contributed by atoms with Crippen LogP contribution < -0.4 is 20.5 Å². The van der Waals surface area contributed by atoms with Crippen molar-refractivity contribution >= 4 is 11.9 Å². The summed E-state index contributed by atoms with van der Waals surface area (Å²) >= 11 is 0. The number of pyridine rings is 1. The Morgan fingerprint density at radius 2 is 2.14 bits per heavy atom. The van der Waals surface area contributed by atoms with Gasteiger partial charge in [-0.15, -0.1) is 0 Å². The van der Waals surface area contributed by atoms with E-state index in [1.54, 1.807) is 19.2 Å². The molecule has 2 heterocycles. The molecule has 2 aromatic rings. The number of rotatable bonds is 7. The quantitative estimate of drug-likeness (QED) is 0.718. The minimum absolute atomic E-state index is 0.296. The molecule has 1 atom stereocenters. The fourth-order valence-electron chi connectivity index (χ4n) is 3.55. The normalized spacial score (nSPS) is 14.3. The largest absolute Gasteiger partial charge is 0.492 e. The summed E-state index contributed by atoms with van der Waals surface area (Å²) in [6.07, 6.45) is 1.96. The maximum atomic E-state index is 11.7. The summed E-state index contributed by atoms with van der Waals surface area (Å²) in [6.45, 7) is 9.23. The van der Waals surface area contributed by atoms with Crippen molar-refractivity contribution in [1.29, 1.82) is 0 Å². The number of amides is 1. The first-order valence-electron chi connectivity index (χ1n) is 9.89. The Bertz CT molecular complexity index is 880. The van der Waals surface area contributed by atoms with Crippen LogP contribution in [0.4, 0.5) is 10.6 Å². The van der Waals surface area contributed by atoms with Gasteiger partial charge >= 0.3 is 6.09 Å². The third-order valence-corrected chi connectivity index (χ3v) is 4.57. The molecule has 0 bridgehead atoms. The fraction of sp³-hybridized carbons (Fsp3) is 0.455. The number of nitrogens with one attached hydrogen (secondary N) is 1. The van der Waals surface area contributed by atoms with Gasteiger partial charge in [-0.3, -0.25) is 5.32 Å². The molecule has 0 unspecified atom stereocenters. The highest BCUT2D eigenvalue weighted by Crippen LogP contribution is 2.39. The highest BCUT2D eigenvalue weighted by molar-refractivity contribution is 5.86. The van der Waals surface area contributed by atoms with Gasteiger partial charge in [0.05, 0.1) is 12.8 Å². The number of anilines is 1. The lowest BCUT2D eigenvalue weighted by Gasteiger charge is -2.27. The predicted octanol–water partition coefficient (Wildman–Crippen LogP) is 4.35. The van der Waals surface area contributed by atoms with Crippen LogP contribution in [-0.4, -0.2) is 29.8 Å². The lowest BCUT2D eigenvalue weighted by Crippen LogP contribution is -2.43. The molecule has 0 fully saturated rings. The van der Waals surface area contributed by atoms with Crippen LogP contribution in [0.15, 0.2) is 30.5 Å². The van der Waals surface area contributed by atoms with Crippen LogP contribution >= 0.6 is 0 Å². The highest BCUT2D eigenvalue weighted by atomic mass is 16.5. The third kappa shape index (κ3) is 5.38. The zero-order valence-corrected chi connectivity index (χ0v) is 17.5. The van der Waals surface area contributed by atoms with Crippen LogP contribution in [0.5, 0.6) is 11.5 Å². The van der Waals surface area contributed by atoms with Crippen molar-refractivity contribution in [2.75, 3.05) is 18.5 Å². The number of aromatic nitrogens is 1. The van der Waals surface area contributed by atoms with Gasteiger partial charge in [-0.05, 0) is 49.9 Å². The van der Waals surface area contributed by atoms with Crippen molar-refractivity contribution < 1.29 is 19.0 Å². The standard InChI is InChI=1S/C22H29N3O4/c1-5-27-21(26)25-20-9-18-17-7-6-16(29-13-22(4,23)10-14(2)3)8-15(17)12-28-19(18)11-24-20/h6-9,11,14H,5,10,12-13,23H2,1-4H3,(H,24,25,26)/t22-/m1/s1. The van der Waals surface area contributed by atoms with Crippen LogP contribution in [0.25, 0.3) is 11.1 Å². The molecule has 7 nitrogen and oxygen atoms in total. The first-order valence-corrected chi connectivity index (χ1v) is 9.89. The second-order valence-electron chi connectivity index (χ2n) is 8.06. The Kier molecular flexibility index (Phi) is 6.27. The summed E-state index contributed by atoms with van der Waals surface area (Å²) in [4.78, 5) is 15.9. The Morgan fingerprint density at radius 3 is 2.86 bits per heavy atom. The van der Waals surface area contributed by atoms with Gasteiger partial charge in [-0.2, -0.15) is 0 Å². The van der Waals surface area contributed by atoms with Crippen molar-refractivity contribution in [2.24, 2.45) is 11.7 Å². The van der Waals surface area contributed by atoms with Gasteiger partial charge in [-0.1, -0.05) is 19.9 Å². The molecule has 0 aliphatic carbocycles. The topological polar surface area (TPSA) is 95.7 Å². The van der Waals surface area contributed by atoms with E-state index in [1.807, 2.05) is 25.1 Å². The smallest absolute Gasteiger partial charge is 0.412 e. The van der Waals surface area contributed by atoms with Crippen molar-refractivity contribution in [3.8, 4) is 22.6 Å². The third-order valence-electron chi connectivity index (χ3n) is 4.57. The number of nitrogens with two attached hydrogens (primary N) is 1. The van der Waals surface area contributed by atoms with Gasteiger partial charge in [0, 0.05) is 16.7 Å². The fourth-order valence-corrected chi connectivity index (χ4v) is 3.55. The number of ether oxygens (including phenoxy) is 3. The maximum Gasteiger partial charge on any atom is 0.412 e. The maximum absolute atomic E-state index is 11.7. The monoisotopic (exact) mass is 399 g/mol. The molecule has 1 aromatic heterocycles. The Hall–Kier alpha value is -2.80. The van der Waals surface area contributed by atoms with Crippen LogP contribution in [0, 0.1) is 5.92 Å². The number of benzene rings is 1. The molecule has 0 saturated carbocycles. The van der Waals surface area contributed by atoms with Gasteiger partial charge in [0.1, 0.15) is 30.5 Å². The number of carbonyl (C=O) groups is 1. The lowest BCUT2D eigenvalue weighted by molar-refractivity contribution is 0.168. The molecule has 0 spiro atoms. The summed E-state index contributed by atoms with van der Waals surface area (Å²) in [5, 5.41) is 2.62. The molecule has 156 valence electrons. The molecule has 1 amide bonds. The van der Waals surface area contributed by atoms with E-state index in [2.05, 4.69) is 24.1 Å². The molecule has 3 rings (SSSR count). The van der Waals surface area contributed by atoms with Crippen molar-refractivity contribution in [1.82, 2.24) is 4.98 Å². The van der Waals surface area contributed by atoms with Gasteiger partial charge in [-0.25, -0.2) is 9.78 Å². The van der Waals surface area contributed by atoms with Crippen LogP contribution in [0.3, 0.4) is 0 Å². The highest BCUT2D eigenvalue weighted by Gasteiger charge is 2.23. The second-order valence-corrected chi connectivity index (χ2v) is 8.06. The number of nitrogens with zero attached hydrogens (tertiary/aromatic N) is 1. The van der Waals surface area contributed by atoms with Crippen molar-refractivity contribution in [3.63, 3.8) is 0 Å². The second kappa shape index (κ2) is 8.69. The van der Waals surface area contributed by atoms with Crippen LogP contribution in [-0.2, 0) is 11.3 Å². The van der Waals surface area contributed by atoms with E-state index in [1.165, 1.54) is 0 Å². The molecular formula is C22H29N3O4. The zero-order chi connectivity index (χ0) is 21.0. The molecule has 29 heavy (non-hydrogen) atoms. The minimum atomic E-state index is -0.535.